The molecule has 0 aliphatic carbocycles. The van der Waals surface area contributed by atoms with Crippen LogP contribution in [-0.4, -0.2) is 35.1 Å². The summed E-state index contributed by atoms with van der Waals surface area (Å²) in [5.41, 5.74) is 2.19. The van der Waals surface area contributed by atoms with E-state index in [4.69, 9.17) is 9.84 Å². The van der Waals surface area contributed by atoms with Crippen LogP contribution in [0.5, 0.6) is 5.75 Å². The highest BCUT2D eigenvalue weighted by Crippen LogP contribution is 2.27. The summed E-state index contributed by atoms with van der Waals surface area (Å²) in [5.74, 6) is -0.214. The maximum atomic E-state index is 11.9. The molecule has 0 spiro atoms. The van der Waals surface area contributed by atoms with Crippen molar-refractivity contribution in [3.63, 3.8) is 0 Å². The standard InChI is InChI=1S/C18H22N2O4S/c1-11(2)13-5-4-12(3)8-15(13)24-9-16(21)19-7-6-17-20-14(10-25-17)18(22)23/h4-5,8,10-11H,6-7,9H2,1-3H3,(H,19,21)(H,22,23). The molecule has 1 aromatic carbocycles. The number of carbonyl (C=O) groups excluding carboxylic acids is 1. The Morgan fingerprint density at radius 2 is 2.12 bits per heavy atom. The van der Waals surface area contributed by atoms with Crippen LogP contribution in [0, 0.1) is 6.92 Å². The number of aromatic carboxylic acids is 1. The van der Waals surface area contributed by atoms with Gasteiger partial charge >= 0.3 is 5.97 Å². The molecule has 0 saturated heterocycles. The molecule has 2 N–H and O–H groups in total. The Morgan fingerprint density at radius 3 is 2.76 bits per heavy atom. The van der Waals surface area contributed by atoms with Gasteiger partial charge in [-0.05, 0) is 30.0 Å². The Morgan fingerprint density at radius 1 is 1.36 bits per heavy atom. The molecule has 1 aromatic heterocycles. The first-order valence-corrected chi connectivity index (χ1v) is 8.92. The van der Waals surface area contributed by atoms with Crippen LogP contribution in [0.15, 0.2) is 23.6 Å². The minimum Gasteiger partial charge on any atom is -0.483 e. The van der Waals surface area contributed by atoms with Crippen LogP contribution in [0.3, 0.4) is 0 Å². The van der Waals surface area contributed by atoms with Crippen LogP contribution in [0.2, 0.25) is 0 Å². The van der Waals surface area contributed by atoms with E-state index >= 15 is 0 Å². The van der Waals surface area contributed by atoms with Crippen LogP contribution in [0.4, 0.5) is 0 Å². The van der Waals surface area contributed by atoms with E-state index in [-0.39, 0.29) is 18.2 Å². The van der Waals surface area contributed by atoms with E-state index in [1.165, 1.54) is 16.7 Å². The van der Waals surface area contributed by atoms with E-state index in [1.54, 1.807) is 0 Å². The van der Waals surface area contributed by atoms with Crippen molar-refractivity contribution in [1.82, 2.24) is 10.3 Å². The number of rotatable bonds is 8. The first kappa shape index (κ1) is 18.9. The van der Waals surface area contributed by atoms with Crippen LogP contribution < -0.4 is 10.1 Å². The van der Waals surface area contributed by atoms with Crippen LogP contribution in [0.25, 0.3) is 0 Å². The van der Waals surface area contributed by atoms with Crippen molar-refractivity contribution in [2.75, 3.05) is 13.2 Å². The quantitative estimate of drug-likeness (QED) is 0.753. The summed E-state index contributed by atoms with van der Waals surface area (Å²) in [6.07, 6.45) is 0.491. The second-order valence-electron chi connectivity index (χ2n) is 6.02. The van der Waals surface area contributed by atoms with Gasteiger partial charge in [-0.3, -0.25) is 4.79 Å². The smallest absolute Gasteiger partial charge is 0.355 e. The fraction of sp³-hybridized carbons (Fsp3) is 0.389. The van der Waals surface area contributed by atoms with Crippen molar-refractivity contribution < 1.29 is 19.4 Å². The average Bonchev–Trinajstić information content (AvgIpc) is 3.02. The van der Waals surface area contributed by atoms with E-state index in [9.17, 15) is 9.59 Å². The molecule has 2 aromatic rings. The molecule has 7 heteroatoms. The first-order chi connectivity index (χ1) is 11.9. The lowest BCUT2D eigenvalue weighted by atomic mass is 10.0. The largest absolute Gasteiger partial charge is 0.483 e. The molecule has 2 rings (SSSR count). The van der Waals surface area contributed by atoms with Crippen molar-refractivity contribution in [2.45, 2.75) is 33.1 Å². The van der Waals surface area contributed by atoms with Gasteiger partial charge in [0.1, 0.15) is 5.75 Å². The van der Waals surface area contributed by atoms with Crippen molar-refractivity contribution in [1.29, 1.82) is 0 Å². The molecule has 6 nitrogen and oxygen atoms in total. The molecule has 1 amide bonds. The third-order valence-corrected chi connectivity index (χ3v) is 4.49. The number of ether oxygens (including phenoxy) is 1. The molecule has 0 unspecified atom stereocenters. The number of carboxylic acid groups (broad SMARTS) is 1. The summed E-state index contributed by atoms with van der Waals surface area (Å²) in [6.45, 7) is 6.48. The number of carboxylic acids is 1. The predicted molar refractivity (Wildman–Crippen MR) is 96.6 cm³/mol. The zero-order valence-electron chi connectivity index (χ0n) is 14.5. The third-order valence-electron chi connectivity index (χ3n) is 3.58. The lowest BCUT2D eigenvalue weighted by Crippen LogP contribution is -2.30. The lowest BCUT2D eigenvalue weighted by Gasteiger charge is -2.14. The van der Waals surface area contributed by atoms with Gasteiger partial charge in [-0.15, -0.1) is 11.3 Å². The van der Waals surface area contributed by atoms with Gasteiger partial charge in [0.2, 0.25) is 0 Å². The number of aryl methyl sites for hydroxylation is 1. The van der Waals surface area contributed by atoms with Crippen LogP contribution in [-0.2, 0) is 11.2 Å². The van der Waals surface area contributed by atoms with E-state index in [1.807, 2.05) is 25.1 Å². The highest BCUT2D eigenvalue weighted by atomic mass is 32.1. The molecule has 0 aliphatic heterocycles. The highest BCUT2D eigenvalue weighted by Gasteiger charge is 2.11. The molecule has 0 atom stereocenters. The first-order valence-electron chi connectivity index (χ1n) is 8.04. The molecular formula is C18H22N2O4S. The van der Waals surface area contributed by atoms with Crippen molar-refractivity contribution in [3.05, 3.63) is 45.4 Å². The second-order valence-corrected chi connectivity index (χ2v) is 6.96. The number of nitrogens with one attached hydrogen (secondary N) is 1. The van der Waals surface area contributed by atoms with Crippen molar-refractivity contribution >= 4 is 23.2 Å². The van der Waals surface area contributed by atoms with Gasteiger partial charge in [-0.25, -0.2) is 9.78 Å². The normalized spacial score (nSPS) is 10.7. The molecule has 1 heterocycles. The molecule has 0 aliphatic rings. The van der Waals surface area contributed by atoms with Gasteiger partial charge in [0.15, 0.2) is 12.3 Å². The summed E-state index contributed by atoms with van der Waals surface area (Å²) in [5, 5.41) is 13.8. The Hall–Kier alpha value is -2.41. The Labute approximate surface area is 150 Å². The number of aromatic nitrogens is 1. The molecule has 134 valence electrons. The highest BCUT2D eigenvalue weighted by molar-refractivity contribution is 7.09. The number of hydrogen-bond acceptors (Lipinski definition) is 5. The number of nitrogens with zero attached hydrogens (tertiary/aromatic N) is 1. The Balaban J connectivity index is 1.81. The maximum Gasteiger partial charge on any atom is 0.355 e. The fourth-order valence-electron chi connectivity index (χ4n) is 2.27. The van der Waals surface area contributed by atoms with Gasteiger partial charge in [0, 0.05) is 18.3 Å². The SMILES string of the molecule is Cc1ccc(C(C)C)c(OCC(=O)NCCc2nc(C(=O)O)cs2)c1. The average molecular weight is 362 g/mol. The van der Waals surface area contributed by atoms with Crippen LogP contribution >= 0.6 is 11.3 Å². The lowest BCUT2D eigenvalue weighted by molar-refractivity contribution is -0.123. The second kappa shape index (κ2) is 8.62. The molecule has 0 saturated carbocycles. The monoisotopic (exact) mass is 362 g/mol. The maximum absolute atomic E-state index is 11.9. The zero-order valence-corrected chi connectivity index (χ0v) is 15.4. The number of hydrogen-bond donors (Lipinski definition) is 2. The predicted octanol–water partition coefficient (Wildman–Crippen LogP) is 3.01. The van der Waals surface area contributed by atoms with Gasteiger partial charge < -0.3 is 15.2 Å². The van der Waals surface area contributed by atoms with E-state index in [2.05, 4.69) is 24.1 Å². The molecule has 0 bridgehead atoms. The summed E-state index contributed by atoms with van der Waals surface area (Å²) >= 11 is 1.27. The molecular weight excluding hydrogens is 340 g/mol. The van der Waals surface area contributed by atoms with Crippen molar-refractivity contribution in [2.24, 2.45) is 0 Å². The number of amides is 1. The summed E-state index contributed by atoms with van der Waals surface area (Å²) < 4.78 is 5.68. The molecule has 0 radical (unpaired) electrons. The Kier molecular flexibility index (Phi) is 6.52. The number of carbonyl (C=O) groups is 2. The van der Waals surface area contributed by atoms with E-state index in [0.717, 1.165) is 16.9 Å². The minimum atomic E-state index is -1.04. The van der Waals surface area contributed by atoms with Crippen molar-refractivity contribution in [3.8, 4) is 5.75 Å². The molecule has 25 heavy (non-hydrogen) atoms. The number of benzene rings is 1. The van der Waals surface area contributed by atoms with Crippen LogP contribution in [0.1, 0.15) is 46.4 Å². The fourth-order valence-corrected chi connectivity index (χ4v) is 3.04. The summed E-state index contributed by atoms with van der Waals surface area (Å²) in [7, 11) is 0. The zero-order chi connectivity index (χ0) is 18.4. The summed E-state index contributed by atoms with van der Waals surface area (Å²) in [4.78, 5) is 26.7. The van der Waals surface area contributed by atoms with E-state index in [0.29, 0.717) is 23.9 Å². The topological polar surface area (TPSA) is 88.5 Å². The van der Waals surface area contributed by atoms with E-state index < -0.39 is 5.97 Å². The van der Waals surface area contributed by atoms with Gasteiger partial charge in [-0.2, -0.15) is 0 Å². The van der Waals surface area contributed by atoms with Gasteiger partial charge in [0.25, 0.3) is 5.91 Å². The summed E-state index contributed by atoms with van der Waals surface area (Å²) in [6, 6.07) is 5.99. The van der Waals surface area contributed by atoms with Gasteiger partial charge in [0.05, 0.1) is 5.01 Å². The third kappa shape index (κ3) is 5.56. The minimum absolute atomic E-state index is 0.0373. The van der Waals surface area contributed by atoms with Gasteiger partial charge in [-0.1, -0.05) is 26.0 Å². The Bertz CT molecular complexity index is 755. The molecule has 0 fully saturated rings. The number of thiazole rings is 1.